The SMILES string of the molecule is C/C=c1/cccc(N(/C(C)=C/C)c2cccc3ccccc23)/c1=C/C. The highest BCUT2D eigenvalue weighted by atomic mass is 15.1. The minimum atomic E-state index is 1.21. The van der Waals surface area contributed by atoms with Crippen LogP contribution in [0.2, 0.25) is 0 Å². The Hall–Kier alpha value is -2.80. The lowest BCUT2D eigenvalue weighted by Gasteiger charge is -2.28. The maximum atomic E-state index is 2.37. The van der Waals surface area contributed by atoms with Gasteiger partial charge in [-0.1, -0.05) is 66.8 Å². The van der Waals surface area contributed by atoms with Crippen LogP contribution in [0.25, 0.3) is 22.9 Å². The first-order chi connectivity index (χ1) is 12.2. The lowest BCUT2D eigenvalue weighted by atomic mass is 10.1. The summed E-state index contributed by atoms with van der Waals surface area (Å²) < 4.78 is 0. The fraction of sp³-hybridized carbons (Fsp3) is 0.167. The van der Waals surface area contributed by atoms with Crippen LogP contribution in [-0.4, -0.2) is 0 Å². The molecule has 3 rings (SSSR count). The Balaban J connectivity index is 2.39. The molecule has 1 nitrogen and oxygen atoms in total. The molecule has 0 aliphatic rings. The maximum Gasteiger partial charge on any atom is 0.0536 e. The predicted octanol–water partition coefficient (Wildman–Crippen LogP) is 5.50. The molecule has 3 aromatic rings. The molecule has 0 N–H and O–H groups in total. The highest BCUT2D eigenvalue weighted by Gasteiger charge is 2.15. The first-order valence-corrected chi connectivity index (χ1v) is 8.83. The van der Waals surface area contributed by atoms with Crippen LogP contribution in [0.3, 0.4) is 0 Å². The Bertz CT molecular complexity index is 1040. The van der Waals surface area contributed by atoms with Crippen molar-refractivity contribution in [2.75, 3.05) is 4.90 Å². The first-order valence-electron chi connectivity index (χ1n) is 8.83. The summed E-state index contributed by atoms with van der Waals surface area (Å²) in [6.45, 7) is 8.47. The summed E-state index contributed by atoms with van der Waals surface area (Å²) >= 11 is 0. The van der Waals surface area contributed by atoms with Crippen molar-refractivity contribution in [1.82, 2.24) is 0 Å². The van der Waals surface area contributed by atoms with Crippen LogP contribution < -0.4 is 15.3 Å². The van der Waals surface area contributed by atoms with Crippen molar-refractivity contribution in [3.8, 4) is 0 Å². The number of rotatable bonds is 3. The molecule has 0 amide bonds. The minimum absolute atomic E-state index is 1.21. The molecule has 25 heavy (non-hydrogen) atoms. The zero-order chi connectivity index (χ0) is 17.8. The molecule has 0 radical (unpaired) electrons. The van der Waals surface area contributed by atoms with Crippen LogP contribution in [0, 0.1) is 0 Å². The average molecular weight is 327 g/mol. The Morgan fingerprint density at radius 1 is 0.760 bits per heavy atom. The van der Waals surface area contributed by atoms with Crippen molar-refractivity contribution in [2.24, 2.45) is 0 Å². The summed E-state index contributed by atoms with van der Waals surface area (Å²) in [5.74, 6) is 0. The van der Waals surface area contributed by atoms with E-state index in [9.17, 15) is 0 Å². The minimum Gasteiger partial charge on any atom is -0.314 e. The molecular formula is C24H25N. The van der Waals surface area contributed by atoms with E-state index in [4.69, 9.17) is 0 Å². The predicted molar refractivity (Wildman–Crippen MR) is 111 cm³/mol. The van der Waals surface area contributed by atoms with Gasteiger partial charge in [-0.25, -0.2) is 0 Å². The maximum absolute atomic E-state index is 2.37. The molecule has 0 unspecified atom stereocenters. The highest BCUT2D eigenvalue weighted by molar-refractivity contribution is 5.97. The fourth-order valence-corrected chi connectivity index (χ4v) is 3.37. The van der Waals surface area contributed by atoms with Gasteiger partial charge in [0.15, 0.2) is 0 Å². The lowest BCUT2D eigenvalue weighted by molar-refractivity contribution is 1.14. The molecule has 0 atom stereocenters. The average Bonchev–Trinajstić information content (AvgIpc) is 2.67. The molecule has 0 saturated heterocycles. The smallest absolute Gasteiger partial charge is 0.0536 e. The van der Waals surface area contributed by atoms with Crippen molar-refractivity contribution in [2.45, 2.75) is 27.7 Å². The Kier molecular flexibility index (Phi) is 5.04. The highest BCUT2D eigenvalue weighted by Crippen LogP contribution is 2.33. The van der Waals surface area contributed by atoms with E-state index in [-0.39, 0.29) is 0 Å². The number of fused-ring (bicyclic) bond motifs is 1. The van der Waals surface area contributed by atoms with E-state index in [0.29, 0.717) is 0 Å². The van der Waals surface area contributed by atoms with Crippen LogP contribution in [-0.2, 0) is 0 Å². The van der Waals surface area contributed by atoms with Gasteiger partial charge < -0.3 is 4.90 Å². The normalized spacial score (nSPS) is 13.5. The number of hydrogen-bond acceptors (Lipinski definition) is 1. The van der Waals surface area contributed by atoms with Crippen molar-refractivity contribution in [3.63, 3.8) is 0 Å². The summed E-state index contributed by atoms with van der Waals surface area (Å²) in [5.41, 5.74) is 3.64. The number of nitrogens with zero attached hydrogens (tertiary/aromatic N) is 1. The summed E-state index contributed by atoms with van der Waals surface area (Å²) in [4.78, 5) is 2.37. The molecular weight excluding hydrogens is 302 g/mol. The molecule has 0 spiro atoms. The van der Waals surface area contributed by atoms with Crippen molar-refractivity contribution < 1.29 is 0 Å². The molecule has 0 fully saturated rings. The Morgan fingerprint density at radius 2 is 1.44 bits per heavy atom. The second-order valence-corrected chi connectivity index (χ2v) is 6.12. The van der Waals surface area contributed by atoms with Gasteiger partial charge in [-0.2, -0.15) is 0 Å². The van der Waals surface area contributed by atoms with Crippen LogP contribution >= 0.6 is 0 Å². The van der Waals surface area contributed by atoms with E-state index in [0.717, 1.165) is 0 Å². The molecule has 0 aliphatic heterocycles. The largest absolute Gasteiger partial charge is 0.314 e. The number of hydrogen-bond donors (Lipinski definition) is 0. The molecule has 3 aromatic carbocycles. The van der Waals surface area contributed by atoms with Gasteiger partial charge in [0.2, 0.25) is 0 Å². The second kappa shape index (κ2) is 7.40. The lowest BCUT2D eigenvalue weighted by Crippen LogP contribution is -2.31. The van der Waals surface area contributed by atoms with E-state index in [1.165, 1.54) is 38.3 Å². The molecule has 126 valence electrons. The zero-order valence-corrected chi connectivity index (χ0v) is 15.5. The van der Waals surface area contributed by atoms with Gasteiger partial charge in [-0.15, -0.1) is 0 Å². The van der Waals surface area contributed by atoms with E-state index in [1.54, 1.807) is 0 Å². The van der Waals surface area contributed by atoms with E-state index < -0.39 is 0 Å². The molecule has 0 bridgehead atoms. The zero-order valence-electron chi connectivity index (χ0n) is 15.5. The van der Waals surface area contributed by atoms with Gasteiger partial charge in [0, 0.05) is 16.3 Å². The summed E-state index contributed by atoms with van der Waals surface area (Å²) in [6, 6.07) is 21.6. The summed E-state index contributed by atoms with van der Waals surface area (Å²) in [5, 5.41) is 5.04. The number of benzene rings is 3. The molecule has 0 aliphatic carbocycles. The van der Waals surface area contributed by atoms with Gasteiger partial charge in [0.05, 0.1) is 11.4 Å². The number of anilines is 2. The van der Waals surface area contributed by atoms with Crippen LogP contribution in [0.4, 0.5) is 11.4 Å². The molecule has 0 aromatic heterocycles. The quantitative estimate of drug-likeness (QED) is 0.614. The van der Waals surface area contributed by atoms with E-state index in [2.05, 4.69) is 111 Å². The molecule has 0 saturated carbocycles. The van der Waals surface area contributed by atoms with Crippen LogP contribution in [0.1, 0.15) is 27.7 Å². The van der Waals surface area contributed by atoms with Gasteiger partial charge >= 0.3 is 0 Å². The topological polar surface area (TPSA) is 3.24 Å². The van der Waals surface area contributed by atoms with Gasteiger partial charge in [-0.3, -0.25) is 0 Å². The van der Waals surface area contributed by atoms with Crippen molar-refractivity contribution in [3.05, 3.63) is 82.9 Å². The number of allylic oxidation sites excluding steroid dienone is 2. The standard InChI is InChI=1S/C24H25N/c1-5-18(4)25(23-16-10-13-19(6-2)21(23)7-3)24-17-11-14-20-12-8-9-15-22(20)24/h5-17H,1-4H3/b18-5+,19-6-,21-7+. The van der Waals surface area contributed by atoms with Crippen LogP contribution in [0.15, 0.2) is 72.4 Å². The Morgan fingerprint density at radius 3 is 2.16 bits per heavy atom. The van der Waals surface area contributed by atoms with Crippen molar-refractivity contribution in [1.29, 1.82) is 0 Å². The van der Waals surface area contributed by atoms with Crippen molar-refractivity contribution >= 4 is 34.3 Å². The van der Waals surface area contributed by atoms with Gasteiger partial charge in [0.1, 0.15) is 0 Å². The molecule has 0 heterocycles. The van der Waals surface area contributed by atoms with E-state index >= 15 is 0 Å². The summed E-state index contributed by atoms with van der Waals surface area (Å²) in [7, 11) is 0. The third-order valence-corrected chi connectivity index (χ3v) is 4.74. The van der Waals surface area contributed by atoms with Crippen LogP contribution in [0.5, 0.6) is 0 Å². The third kappa shape index (κ3) is 3.10. The van der Waals surface area contributed by atoms with Gasteiger partial charge in [0.25, 0.3) is 0 Å². The van der Waals surface area contributed by atoms with Gasteiger partial charge in [-0.05, 0) is 50.4 Å². The third-order valence-electron chi connectivity index (χ3n) is 4.74. The monoisotopic (exact) mass is 327 g/mol. The van der Waals surface area contributed by atoms with E-state index in [1.807, 2.05) is 0 Å². The first kappa shape index (κ1) is 17.0. The Labute approximate surface area is 150 Å². The summed E-state index contributed by atoms with van der Waals surface area (Å²) in [6.07, 6.45) is 6.54. The fourth-order valence-electron chi connectivity index (χ4n) is 3.37. The molecule has 1 heteroatoms. The second-order valence-electron chi connectivity index (χ2n) is 6.12.